The van der Waals surface area contributed by atoms with Gasteiger partial charge in [0.05, 0.1) is 13.2 Å². The molecule has 1 fully saturated rings. The van der Waals surface area contributed by atoms with E-state index in [1.165, 1.54) is 38.5 Å². The lowest BCUT2D eigenvalue weighted by Gasteiger charge is -2.40. The normalized spacial score (nSPS) is 20.2. The Morgan fingerprint density at radius 1 is 1.10 bits per heavy atom. The molecule has 1 aliphatic carbocycles. The third kappa shape index (κ3) is 5.68. The van der Waals surface area contributed by atoms with Crippen LogP contribution in [0.2, 0.25) is 0 Å². The van der Waals surface area contributed by atoms with Crippen LogP contribution in [-0.2, 0) is 9.47 Å². The van der Waals surface area contributed by atoms with E-state index in [1.807, 2.05) is 0 Å². The lowest BCUT2D eigenvalue weighted by molar-refractivity contribution is 0.0652. The zero-order valence-corrected chi connectivity index (χ0v) is 13.9. The standard InChI is InChI=1S/C16H34N2O2/c1-15(14-20-4)18(12-13-19-3)11-10-16(17-2)8-6-5-7-9-16/h15,17H,5-14H2,1-4H3. The van der Waals surface area contributed by atoms with E-state index < -0.39 is 0 Å². The highest BCUT2D eigenvalue weighted by Gasteiger charge is 2.30. The molecule has 4 nitrogen and oxygen atoms in total. The number of hydrogen-bond acceptors (Lipinski definition) is 4. The Morgan fingerprint density at radius 3 is 2.35 bits per heavy atom. The largest absolute Gasteiger partial charge is 0.383 e. The van der Waals surface area contributed by atoms with Gasteiger partial charge in [-0.05, 0) is 33.2 Å². The molecule has 120 valence electrons. The van der Waals surface area contributed by atoms with Gasteiger partial charge >= 0.3 is 0 Å². The molecule has 1 saturated carbocycles. The monoisotopic (exact) mass is 286 g/mol. The Kier molecular flexibility index (Phi) is 8.69. The van der Waals surface area contributed by atoms with Gasteiger partial charge in [-0.25, -0.2) is 0 Å². The molecule has 0 radical (unpaired) electrons. The van der Waals surface area contributed by atoms with Crippen LogP contribution >= 0.6 is 0 Å². The Hall–Kier alpha value is -0.160. The highest BCUT2D eigenvalue weighted by molar-refractivity contribution is 4.90. The van der Waals surface area contributed by atoms with Crippen molar-refractivity contribution in [1.29, 1.82) is 0 Å². The molecular formula is C16H34N2O2. The van der Waals surface area contributed by atoms with Crippen molar-refractivity contribution in [3.8, 4) is 0 Å². The smallest absolute Gasteiger partial charge is 0.0615 e. The summed E-state index contributed by atoms with van der Waals surface area (Å²) in [6, 6.07) is 0.452. The molecule has 4 heteroatoms. The van der Waals surface area contributed by atoms with Gasteiger partial charge < -0.3 is 14.8 Å². The minimum atomic E-state index is 0.358. The number of rotatable bonds is 10. The molecule has 1 atom stereocenters. The first kappa shape index (κ1) is 17.9. The SMILES string of the molecule is CNC1(CCN(CCOC)C(C)COC)CCCCC1. The van der Waals surface area contributed by atoms with Crippen molar-refractivity contribution in [2.24, 2.45) is 0 Å². The Bertz CT molecular complexity index is 243. The summed E-state index contributed by atoms with van der Waals surface area (Å²) in [4.78, 5) is 2.50. The maximum atomic E-state index is 5.31. The summed E-state index contributed by atoms with van der Waals surface area (Å²) in [7, 11) is 5.68. The molecule has 0 spiro atoms. The minimum absolute atomic E-state index is 0.358. The van der Waals surface area contributed by atoms with Crippen molar-refractivity contribution in [3.63, 3.8) is 0 Å². The van der Waals surface area contributed by atoms with Gasteiger partial charge in [0.25, 0.3) is 0 Å². The fraction of sp³-hybridized carbons (Fsp3) is 1.00. The van der Waals surface area contributed by atoms with E-state index in [4.69, 9.17) is 9.47 Å². The molecule has 0 aliphatic heterocycles. The first-order chi connectivity index (χ1) is 9.67. The molecule has 20 heavy (non-hydrogen) atoms. The van der Waals surface area contributed by atoms with Gasteiger partial charge in [-0.2, -0.15) is 0 Å². The van der Waals surface area contributed by atoms with E-state index >= 15 is 0 Å². The quantitative estimate of drug-likeness (QED) is 0.668. The van der Waals surface area contributed by atoms with Gasteiger partial charge in [0.1, 0.15) is 0 Å². The zero-order chi connectivity index (χ0) is 14.8. The van der Waals surface area contributed by atoms with E-state index in [1.54, 1.807) is 14.2 Å². The van der Waals surface area contributed by atoms with E-state index in [0.717, 1.165) is 26.3 Å². The molecule has 1 rings (SSSR count). The van der Waals surface area contributed by atoms with Crippen LogP contribution in [0, 0.1) is 0 Å². The number of ether oxygens (including phenoxy) is 2. The second-order valence-corrected chi connectivity index (χ2v) is 6.17. The van der Waals surface area contributed by atoms with Gasteiger partial charge in [0, 0.05) is 38.9 Å². The molecule has 0 bridgehead atoms. The average Bonchev–Trinajstić information content (AvgIpc) is 2.48. The van der Waals surface area contributed by atoms with Crippen molar-refractivity contribution in [2.45, 2.75) is 57.0 Å². The summed E-state index contributed by atoms with van der Waals surface area (Å²) in [5.41, 5.74) is 0.358. The molecule has 0 aromatic rings. The molecule has 0 aromatic heterocycles. The number of nitrogens with zero attached hydrogens (tertiary/aromatic N) is 1. The number of methoxy groups -OCH3 is 2. The second-order valence-electron chi connectivity index (χ2n) is 6.17. The summed E-state index contributed by atoms with van der Waals surface area (Å²) in [5.74, 6) is 0. The molecular weight excluding hydrogens is 252 g/mol. The molecule has 1 unspecified atom stereocenters. The maximum Gasteiger partial charge on any atom is 0.0615 e. The van der Waals surface area contributed by atoms with Crippen molar-refractivity contribution in [2.75, 3.05) is 47.6 Å². The predicted octanol–water partition coefficient (Wildman–Crippen LogP) is 2.28. The van der Waals surface area contributed by atoms with E-state index in [2.05, 4.69) is 24.2 Å². The first-order valence-corrected chi connectivity index (χ1v) is 8.08. The Morgan fingerprint density at radius 2 is 1.80 bits per heavy atom. The summed E-state index contributed by atoms with van der Waals surface area (Å²) in [6.45, 7) is 5.93. The maximum absolute atomic E-state index is 5.31. The molecule has 0 saturated heterocycles. The van der Waals surface area contributed by atoms with Crippen LogP contribution in [0.3, 0.4) is 0 Å². The number of hydrogen-bond donors (Lipinski definition) is 1. The van der Waals surface area contributed by atoms with Gasteiger partial charge in [-0.3, -0.25) is 4.90 Å². The van der Waals surface area contributed by atoms with Crippen LogP contribution in [0.4, 0.5) is 0 Å². The van der Waals surface area contributed by atoms with E-state index in [-0.39, 0.29) is 0 Å². The third-order valence-corrected chi connectivity index (χ3v) is 4.83. The second kappa shape index (κ2) is 9.72. The van der Waals surface area contributed by atoms with Gasteiger partial charge in [0.2, 0.25) is 0 Å². The van der Waals surface area contributed by atoms with Crippen molar-refractivity contribution in [1.82, 2.24) is 10.2 Å². The highest BCUT2D eigenvalue weighted by Crippen LogP contribution is 2.31. The summed E-state index contributed by atoms with van der Waals surface area (Å²) in [6.07, 6.45) is 8.00. The van der Waals surface area contributed by atoms with Gasteiger partial charge in [0.15, 0.2) is 0 Å². The minimum Gasteiger partial charge on any atom is -0.383 e. The lowest BCUT2D eigenvalue weighted by Crippen LogP contribution is -2.49. The van der Waals surface area contributed by atoms with Gasteiger partial charge in [-0.1, -0.05) is 19.3 Å². The van der Waals surface area contributed by atoms with Gasteiger partial charge in [-0.15, -0.1) is 0 Å². The molecule has 0 amide bonds. The lowest BCUT2D eigenvalue weighted by atomic mass is 9.79. The summed E-state index contributed by atoms with van der Waals surface area (Å²) in [5, 5.41) is 3.61. The Balaban J connectivity index is 2.49. The van der Waals surface area contributed by atoms with E-state index in [0.29, 0.717) is 11.6 Å². The Labute approximate surface area is 125 Å². The first-order valence-electron chi connectivity index (χ1n) is 8.08. The topological polar surface area (TPSA) is 33.7 Å². The van der Waals surface area contributed by atoms with Crippen LogP contribution in [0.5, 0.6) is 0 Å². The fourth-order valence-electron chi connectivity index (χ4n) is 3.32. The van der Waals surface area contributed by atoms with Crippen LogP contribution < -0.4 is 5.32 Å². The van der Waals surface area contributed by atoms with Crippen LogP contribution in [-0.4, -0.2) is 64.1 Å². The third-order valence-electron chi connectivity index (χ3n) is 4.83. The zero-order valence-electron chi connectivity index (χ0n) is 13.9. The van der Waals surface area contributed by atoms with Crippen LogP contribution in [0.25, 0.3) is 0 Å². The number of nitrogens with one attached hydrogen (secondary N) is 1. The van der Waals surface area contributed by atoms with E-state index in [9.17, 15) is 0 Å². The fourth-order valence-corrected chi connectivity index (χ4v) is 3.32. The van der Waals surface area contributed by atoms with Crippen LogP contribution in [0.1, 0.15) is 45.4 Å². The van der Waals surface area contributed by atoms with Crippen molar-refractivity contribution in [3.05, 3.63) is 0 Å². The molecule has 0 heterocycles. The van der Waals surface area contributed by atoms with Crippen molar-refractivity contribution < 1.29 is 9.47 Å². The molecule has 0 aromatic carbocycles. The summed E-state index contributed by atoms with van der Waals surface area (Å²) < 4.78 is 10.6. The van der Waals surface area contributed by atoms with Crippen molar-refractivity contribution >= 4 is 0 Å². The molecule has 1 aliphatic rings. The average molecular weight is 286 g/mol. The van der Waals surface area contributed by atoms with Crippen LogP contribution in [0.15, 0.2) is 0 Å². The highest BCUT2D eigenvalue weighted by atomic mass is 16.5. The predicted molar refractivity (Wildman–Crippen MR) is 84.3 cm³/mol. The molecule has 1 N–H and O–H groups in total. The summed E-state index contributed by atoms with van der Waals surface area (Å²) >= 11 is 0.